The molecule has 1 aromatic carbocycles. The molecule has 0 aliphatic carbocycles. The third kappa shape index (κ3) is 2.75. The lowest BCUT2D eigenvalue weighted by molar-refractivity contribution is -0.158. The average molecular weight is 313 g/mol. The normalized spacial score (nSPS) is 18.3. The second-order valence-corrected chi connectivity index (χ2v) is 5.51. The van der Waals surface area contributed by atoms with Gasteiger partial charge in [-0.3, -0.25) is 4.79 Å². The van der Waals surface area contributed by atoms with Gasteiger partial charge >= 0.3 is 5.97 Å². The number of esters is 1. The van der Waals surface area contributed by atoms with Crippen molar-refractivity contribution in [1.29, 1.82) is 0 Å². The van der Waals surface area contributed by atoms with E-state index in [2.05, 4.69) is 15.9 Å². The fourth-order valence-electron chi connectivity index (χ4n) is 2.44. The summed E-state index contributed by atoms with van der Waals surface area (Å²) in [5, 5.41) is 0. The molecule has 1 fully saturated rings. The van der Waals surface area contributed by atoms with Crippen molar-refractivity contribution >= 4 is 21.9 Å². The third-order valence-electron chi connectivity index (χ3n) is 3.55. The van der Waals surface area contributed by atoms with Gasteiger partial charge in [0.1, 0.15) is 0 Å². The monoisotopic (exact) mass is 312 g/mol. The van der Waals surface area contributed by atoms with Gasteiger partial charge in [0.2, 0.25) is 0 Å². The van der Waals surface area contributed by atoms with Crippen molar-refractivity contribution < 1.29 is 14.3 Å². The molecule has 0 bridgehead atoms. The van der Waals surface area contributed by atoms with Crippen LogP contribution in [0.25, 0.3) is 0 Å². The van der Waals surface area contributed by atoms with Gasteiger partial charge in [0.05, 0.1) is 12.5 Å². The van der Waals surface area contributed by atoms with Crippen LogP contribution in [-0.2, 0) is 20.7 Å². The van der Waals surface area contributed by atoms with Crippen LogP contribution in [0, 0.1) is 5.41 Å². The van der Waals surface area contributed by atoms with Gasteiger partial charge in [0, 0.05) is 17.7 Å². The van der Waals surface area contributed by atoms with Crippen LogP contribution in [0.15, 0.2) is 28.7 Å². The van der Waals surface area contributed by atoms with Crippen LogP contribution in [0.5, 0.6) is 0 Å². The molecule has 18 heavy (non-hydrogen) atoms. The maximum Gasteiger partial charge on any atom is 0.312 e. The molecule has 0 aromatic heterocycles. The molecule has 0 amide bonds. The van der Waals surface area contributed by atoms with Crippen molar-refractivity contribution in [2.45, 2.75) is 19.3 Å². The Kier molecular flexibility index (Phi) is 4.40. The Labute approximate surface area is 116 Å². The number of carbonyl (C=O) groups excluding carboxylic acids is 1. The molecule has 0 radical (unpaired) electrons. The van der Waals surface area contributed by atoms with Crippen molar-refractivity contribution in [2.75, 3.05) is 20.3 Å². The number of benzene rings is 1. The highest BCUT2D eigenvalue weighted by atomic mass is 79.9. The van der Waals surface area contributed by atoms with E-state index in [0.717, 1.165) is 22.9 Å². The molecule has 3 nitrogen and oxygen atoms in total. The fourth-order valence-corrected chi connectivity index (χ4v) is 2.86. The van der Waals surface area contributed by atoms with Crippen LogP contribution in [0.3, 0.4) is 0 Å². The minimum Gasteiger partial charge on any atom is -0.469 e. The Morgan fingerprint density at radius 3 is 2.67 bits per heavy atom. The maximum absolute atomic E-state index is 12.1. The number of rotatable bonds is 3. The summed E-state index contributed by atoms with van der Waals surface area (Å²) in [7, 11) is 1.46. The van der Waals surface area contributed by atoms with Crippen molar-refractivity contribution in [3.63, 3.8) is 0 Å². The third-order valence-corrected chi connectivity index (χ3v) is 4.33. The van der Waals surface area contributed by atoms with Crippen LogP contribution in [0.1, 0.15) is 18.4 Å². The first-order valence-electron chi connectivity index (χ1n) is 6.07. The molecule has 4 heteroatoms. The molecule has 0 saturated carbocycles. The molecule has 0 atom stereocenters. The number of hydrogen-bond acceptors (Lipinski definition) is 3. The van der Waals surface area contributed by atoms with Gasteiger partial charge in [-0.15, -0.1) is 0 Å². The number of halogens is 1. The predicted molar refractivity (Wildman–Crippen MR) is 72.3 cm³/mol. The standard InChI is InChI=1S/C14H17BrO3/c1-17-13(16)14(6-8-18-9-7-14)10-11-4-2-3-5-12(11)15/h2-5H,6-10H2,1H3. The zero-order valence-corrected chi connectivity index (χ0v) is 12.0. The summed E-state index contributed by atoms with van der Waals surface area (Å²) in [5.41, 5.74) is 0.710. The fraction of sp³-hybridized carbons (Fsp3) is 0.500. The molecule has 1 aliphatic heterocycles. The molecule has 98 valence electrons. The zero-order valence-electron chi connectivity index (χ0n) is 10.4. The van der Waals surface area contributed by atoms with Crippen LogP contribution < -0.4 is 0 Å². The van der Waals surface area contributed by atoms with E-state index < -0.39 is 5.41 Å². The quantitative estimate of drug-likeness (QED) is 0.805. The molecule has 0 spiro atoms. The van der Waals surface area contributed by atoms with Gasteiger partial charge in [-0.25, -0.2) is 0 Å². The Morgan fingerprint density at radius 1 is 1.39 bits per heavy atom. The highest BCUT2D eigenvalue weighted by Gasteiger charge is 2.41. The van der Waals surface area contributed by atoms with E-state index in [4.69, 9.17) is 9.47 Å². The van der Waals surface area contributed by atoms with E-state index >= 15 is 0 Å². The number of hydrogen-bond donors (Lipinski definition) is 0. The van der Waals surface area contributed by atoms with E-state index in [9.17, 15) is 4.79 Å². The summed E-state index contributed by atoms with van der Waals surface area (Å²) < 4.78 is 11.4. The first-order chi connectivity index (χ1) is 8.68. The van der Waals surface area contributed by atoms with E-state index in [0.29, 0.717) is 19.6 Å². The van der Waals surface area contributed by atoms with Crippen molar-refractivity contribution in [2.24, 2.45) is 5.41 Å². The van der Waals surface area contributed by atoms with Gasteiger partial charge < -0.3 is 9.47 Å². The predicted octanol–water partition coefficient (Wildman–Crippen LogP) is 2.96. The summed E-state index contributed by atoms with van der Waals surface area (Å²) >= 11 is 3.53. The van der Waals surface area contributed by atoms with Crippen molar-refractivity contribution in [3.8, 4) is 0 Å². The van der Waals surface area contributed by atoms with E-state index in [1.807, 2.05) is 24.3 Å². The molecule has 1 aromatic rings. The molecule has 1 aliphatic rings. The Morgan fingerprint density at radius 2 is 2.06 bits per heavy atom. The molecule has 0 N–H and O–H groups in total. The largest absolute Gasteiger partial charge is 0.469 e. The van der Waals surface area contributed by atoms with Crippen LogP contribution in [0.2, 0.25) is 0 Å². The summed E-state index contributed by atoms with van der Waals surface area (Å²) in [5.74, 6) is -0.124. The summed E-state index contributed by atoms with van der Waals surface area (Å²) in [4.78, 5) is 12.1. The van der Waals surface area contributed by atoms with E-state index in [1.165, 1.54) is 7.11 Å². The average Bonchev–Trinajstić information content (AvgIpc) is 2.41. The lowest BCUT2D eigenvalue weighted by Gasteiger charge is -2.34. The Hall–Kier alpha value is -0.870. The second-order valence-electron chi connectivity index (χ2n) is 4.65. The van der Waals surface area contributed by atoms with E-state index in [-0.39, 0.29) is 5.97 Å². The first kappa shape index (κ1) is 13.6. The lowest BCUT2D eigenvalue weighted by Crippen LogP contribution is -2.40. The van der Waals surface area contributed by atoms with Crippen LogP contribution >= 0.6 is 15.9 Å². The van der Waals surface area contributed by atoms with Gasteiger partial charge in [0.25, 0.3) is 0 Å². The SMILES string of the molecule is COC(=O)C1(Cc2ccccc2Br)CCOCC1. The van der Waals surface area contributed by atoms with Gasteiger partial charge in [-0.2, -0.15) is 0 Å². The minimum atomic E-state index is -0.434. The molecule has 1 saturated heterocycles. The molecular formula is C14H17BrO3. The van der Waals surface area contributed by atoms with Gasteiger partial charge in [-0.05, 0) is 30.9 Å². The smallest absolute Gasteiger partial charge is 0.312 e. The maximum atomic E-state index is 12.1. The molecular weight excluding hydrogens is 296 g/mol. The highest BCUT2D eigenvalue weighted by molar-refractivity contribution is 9.10. The van der Waals surface area contributed by atoms with Gasteiger partial charge in [-0.1, -0.05) is 34.1 Å². The number of ether oxygens (including phenoxy) is 2. The van der Waals surface area contributed by atoms with E-state index in [1.54, 1.807) is 0 Å². The second kappa shape index (κ2) is 5.85. The Balaban J connectivity index is 2.25. The molecule has 0 unspecified atom stereocenters. The lowest BCUT2D eigenvalue weighted by atomic mass is 9.75. The molecule has 2 rings (SSSR count). The summed E-state index contributed by atoms with van der Waals surface area (Å²) in [6.07, 6.45) is 2.15. The highest BCUT2D eigenvalue weighted by Crippen LogP contribution is 2.37. The number of methoxy groups -OCH3 is 1. The van der Waals surface area contributed by atoms with Crippen molar-refractivity contribution in [1.82, 2.24) is 0 Å². The minimum absolute atomic E-state index is 0.124. The first-order valence-corrected chi connectivity index (χ1v) is 6.87. The van der Waals surface area contributed by atoms with Crippen molar-refractivity contribution in [3.05, 3.63) is 34.3 Å². The molecule has 1 heterocycles. The Bertz CT molecular complexity index is 425. The number of carbonyl (C=O) groups is 1. The summed E-state index contributed by atoms with van der Waals surface area (Å²) in [6.45, 7) is 1.25. The van der Waals surface area contributed by atoms with Gasteiger partial charge in [0.15, 0.2) is 0 Å². The van der Waals surface area contributed by atoms with Crippen LogP contribution in [0.4, 0.5) is 0 Å². The summed E-state index contributed by atoms with van der Waals surface area (Å²) in [6, 6.07) is 8.01. The van der Waals surface area contributed by atoms with Crippen LogP contribution in [-0.4, -0.2) is 26.3 Å². The zero-order chi connectivity index (χ0) is 13.0. The topological polar surface area (TPSA) is 35.5 Å².